The number of benzene rings is 5. The van der Waals surface area contributed by atoms with Crippen molar-refractivity contribution in [3.05, 3.63) is 176 Å². The number of hydrogen-bond acceptors (Lipinski definition) is 5. The molecule has 0 fully saturated rings. The van der Waals surface area contributed by atoms with Gasteiger partial charge in [-0.2, -0.15) is 0 Å². The summed E-state index contributed by atoms with van der Waals surface area (Å²) in [6, 6.07) is 53.6. The van der Waals surface area contributed by atoms with E-state index in [0.29, 0.717) is 17.5 Å². The third-order valence-electron chi connectivity index (χ3n) is 8.34. The van der Waals surface area contributed by atoms with E-state index < -0.39 is 0 Å². The summed E-state index contributed by atoms with van der Waals surface area (Å²) in [4.78, 5) is 23.7. The molecule has 0 radical (unpaired) electrons. The van der Waals surface area contributed by atoms with E-state index in [0.717, 1.165) is 61.3 Å². The Bertz CT molecular complexity index is 2230. The minimum atomic E-state index is 0.642. The molecule has 5 aromatic carbocycles. The molecule has 0 saturated carbocycles. The first-order valence-corrected chi connectivity index (χ1v) is 15.8. The van der Waals surface area contributed by atoms with Crippen LogP contribution in [0.3, 0.4) is 0 Å². The highest BCUT2D eigenvalue weighted by Crippen LogP contribution is 2.32. The fourth-order valence-corrected chi connectivity index (χ4v) is 5.79. The highest BCUT2D eigenvalue weighted by molar-refractivity contribution is 5.82. The zero-order chi connectivity index (χ0) is 32.1. The summed E-state index contributed by atoms with van der Waals surface area (Å²) < 4.78 is 0. The summed E-state index contributed by atoms with van der Waals surface area (Å²) in [5.74, 6) is 1.95. The first-order chi connectivity index (χ1) is 23.8. The van der Waals surface area contributed by atoms with Gasteiger partial charge in [0.15, 0.2) is 17.5 Å². The van der Waals surface area contributed by atoms with Crippen LogP contribution in [0.2, 0.25) is 0 Å². The predicted molar refractivity (Wildman–Crippen MR) is 193 cm³/mol. The van der Waals surface area contributed by atoms with Gasteiger partial charge < -0.3 is 0 Å². The quantitative estimate of drug-likeness (QED) is 0.178. The molecule has 8 rings (SSSR count). The highest BCUT2D eigenvalue weighted by atomic mass is 15.0. The van der Waals surface area contributed by atoms with Gasteiger partial charge in [-0.15, -0.1) is 0 Å². The van der Waals surface area contributed by atoms with Crippen LogP contribution in [0.25, 0.3) is 78.8 Å². The Balaban J connectivity index is 1.04. The maximum absolute atomic E-state index is 4.86. The van der Waals surface area contributed by atoms with Gasteiger partial charge in [-0.1, -0.05) is 146 Å². The van der Waals surface area contributed by atoms with Crippen molar-refractivity contribution in [3.63, 3.8) is 0 Å². The van der Waals surface area contributed by atoms with Crippen LogP contribution in [0.15, 0.2) is 176 Å². The molecule has 3 aromatic heterocycles. The second kappa shape index (κ2) is 13.0. The van der Waals surface area contributed by atoms with Crippen molar-refractivity contribution in [2.45, 2.75) is 0 Å². The van der Waals surface area contributed by atoms with E-state index >= 15 is 0 Å². The van der Waals surface area contributed by atoms with Crippen LogP contribution >= 0.6 is 0 Å². The molecule has 0 amide bonds. The average Bonchev–Trinajstić information content (AvgIpc) is 3.19. The SMILES string of the molecule is c1ccc(-c2nc(-c3ccccc3)nc(-c3ccc(-c4ccc(-c5ccc(-c6ccncc6-c6ccccc6)nc5)cc4)cc3)n2)cc1. The van der Waals surface area contributed by atoms with E-state index in [4.69, 9.17) is 19.9 Å². The van der Waals surface area contributed by atoms with Crippen molar-refractivity contribution in [3.8, 4) is 78.8 Å². The molecule has 5 heteroatoms. The Morgan fingerprint density at radius 2 is 0.708 bits per heavy atom. The molecule has 0 aliphatic carbocycles. The lowest BCUT2D eigenvalue weighted by Gasteiger charge is -2.10. The highest BCUT2D eigenvalue weighted by Gasteiger charge is 2.13. The van der Waals surface area contributed by atoms with E-state index in [-0.39, 0.29) is 0 Å². The van der Waals surface area contributed by atoms with Gasteiger partial charge in [-0.05, 0) is 34.4 Å². The smallest absolute Gasteiger partial charge is 0.164 e. The molecule has 0 bridgehead atoms. The Morgan fingerprint density at radius 3 is 1.19 bits per heavy atom. The molecule has 0 spiro atoms. The molecule has 0 atom stereocenters. The largest absolute Gasteiger partial charge is 0.264 e. The normalized spacial score (nSPS) is 10.9. The van der Waals surface area contributed by atoms with Crippen LogP contribution in [-0.2, 0) is 0 Å². The standard InChI is InChI=1S/C43H29N5/c1-4-10-33(11-5-1)39-29-44-27-26-38(39)40-25-24-37(28-45-40)32-18-16-30(17-19-32)31-20-22-36(23-21-31)43-47-41(34-12-6-2-7-13-34)46-42(48-43)35-14-8-3-9-15-35/h1-29H. The van der Waals surface area contributed by atoms with Crippen LogP contribution in [0.1, 0.15) is 0 Å². The molecular formula is C43H29N5. The average molecular weight is 616 g/mol. The molecule has 0 aliphatic heterocycles. The van der Waals surface area contributed by atoms with Crippen molar-refractivity contribution in [2.75, 3.05) is 0 Å². The molecule has 8 aromatic rings. The van der Waals surface area contributed by atoms with Crippen LogP contribution in [0, 0.1) is 0 Å². The number of nitrogens with zero attached hydrogens (tertiary/aromatic N) is 5. The Labute approximate surface area is 279 Å². The minimum absolute atomic E-state index is 0.642. The third-order valence-corrected chi connectivity index (χ3v) is 8.34. The molecule has 0 aliphatic rings. The zero-order valence-electron chi connectivity index (χ0n) is 26.0. The van der Waals surface area contributed by atoms with Gasteiger partial charge in [0.25, 0.3) is 0 Å². The van der Waals surface area contributed by atoms with Crippen molar-refractivity contribution in [1.82, 2.24) is 24.9 Å². The van der Waals surface area contributed by atoms with E-state index in [1.165, 1.54) is 0 Å². The first-order valence-electron chi connectivity index (χ1n) is 15.8. The van der Waals surface area contributed by atoms with Gasteiger partial charge in [0.05, 0.1) is 5.69 Å². The summed E-state index contributed by atoms with van der Waals surface area (Å²) in [5.41, 5.74) is 11.4. The van der Waals surface area contributed by atoms with E-state index in [1.54, 1.807) is 0 Å². The van der Waals surface area contributed by atoms with Crippen LogP contribution in [0.5, 0.6) is 0 Å². The number of pyridine rings is 2. The van der Waals surface area contributed by atoms with Gasteiger partial charge in [-0.25, -0.2) is 15.0 Å². The molecule has 3 heterocycles. The van der Waals surface area contributed by atoms with E-state index in [9.17, 15) is 0 Å². The van der Waals surface area contributed by atoms with Gasteiger partial charge in [-0.3, -0.25) is 9.97 Å². The number of rotatable bonds is 7. The fraction of sp³-hybridized carbons (Fsp3) is 0. The number of aromatic nitrogens is 5. The summed E-state index contributed by atoms with van der Waals surface area (Å²) in [7, 11) is 0. The lowest BCUT2D eigenvalue weighted by Crippen LogP contribution is -2.00. The molecule has 226 valence electrons. The molecule has 0 unspecified atom stereocenters. The van der Waals surface area contributed by atoms with Gasteiger partial charge in [0, 0.05) is 52.0 Å². The Hall–Kier alpha value is -6.59. The van der Waals surface area contributed by atoms with Crippen LogP contribution in [0.4, 0.5) is 0 Å². The first kappa shape index (κ1) is 28.9. The maximum Gasteiger partial charge on any atom is 0.164 e. The number of hydrogen-bond donors (Lipinski definition) is 0. The Kier molecular flexibility index (Phi) is 7.83. The van der Waals surface area contributed by atoms with Crippen molar-refractivity contribution in [2.24, 2.45) is 0 Å². The minimum Gasteiger partial charge on any atom is -0.264 e. The van der Waals surface area contributed by atoms with E-state index in [2.05, 4.69) is 77.8 Å². The predicted octanol–water partition coefficient (Wildman–Crippen LogP) is 10.3. The monoisotopic (exact) mass is 615 g/mol. The van der Waals surface area contributed by atoms with Gasteiger partial charge >= 0.3 is 0 Å². The second-order valence-corrected chi connectivity index (χ2v) is 11.4. The van der Waals surface area contributed by atoms with Crippen molar-refractivity contribution in [1.29, 1.82) is 0 Å². The van der Waals surface area contributed by atoms with Crippen LogP contribution in [-0.4, -0.2) is 24.9 Å². The summed E-state index contributed by atoms with van der Waals surface area (Å²) in [6.45, 7) is 0. The Morgan fingerprint density at radius 1 is 0.292 bits per heavy atom. The second-order valence-electron chi connectivity index (χ2n) is 11.4. The van der Waals surface area contributed by atoms with Crippen molar-refractivity contribution < 1.29 is 0 Å². The third kappa shape index (κ3) is 6.00. The lowest BCUT2D eigenvalue weighted by molar-refractivity contribution is 1.07. The molecule has 0 saturated heterocycles. The fourth-order valence-electron chi connectivity index (χ4n) is 5.79. The van der Waals surface area contributed by atoms with E-state index in [1.807, 2.05) is 104 Å². The molecule has 48 heavy (non-hydrogen) atoms. The zero-order valence-corrected chi connectivity index (χ0v) is 26.0. The topological polar surface area (TPSA) is 64.5 Å². The lowest BCUT2D eigenvalue weighted by atomic mass is 9.98. The maximum atomic E-state index is 4.86. The van der Waals surface area contributed by atoms with Gasteiger partial charge in [0.1, 0.15) is 0 Å². The summed E-state index contributed by atoms with van der Waals surface area (Å²) in [5, 5.41) is 0. The molecule has 5 nitrogen and oxygen atoms in total. The van der Waals surface area contributed by atoms with Gasteiger partial charge in [0.2, 0.25) is 0 Å². The summed E-state index contributed by atoms with van der Waals surface area (Å²) in [6.07, 6.45) is 5.66. The molecule has 0 N–H and O–H groups in total. The summed E-state index contributed by atoms with van der Waals surface area (Å²) >= 11 is 0. The van der Waals surface area contributed by atoms with Crippen molar-refractivity contribution >= 4 is 0 Å². The van der Waals surface area contributed by atoms with Crippen LogP contribution < -0.4 is 0 Å². The molecular weight excluding hydrogens is 587 g/mol.